The summed E-state index contributed by atoms with van der Waals surface area (Å²) in [6.07, 6.45) is 4.61. The Labute approximate surface area is 118 Å². The molecule has 20 heavy (non-hydrogen) atoms. The number of aryl methyl sites for hydroxylation is 1. The van der Waals surface area contributed by atoms with Gasteiger partial charge in [0.25, 0.3) is 0 Å². The summed E-state index contributed by atoms with van der Waals surface area (Å²) >= 11 is 0. The van der Waals surface area contributed by atoms with Crippen molar-refractivity contribution in [2.45, 2.75) is 46.3 Å². The minimum Gasteiger partial charge on any atom is -0.377 e. The Morgan fingerprint density at radius 2 is 2.20 bits per heavy atom. The highest BCUT2D eigenvalue weighted by Gasteiger charge is 2.10. The average molecular weight is 279 g/mol. The molecule has 0 aromatic carbocycles. The number of aromatic nitrogens is 4. The first-order valence-electron chi connectivity index (χ1n) is 7.02. The van der Waals surface area contributed by atoms with Crippen LogP contribution in [0.2, 0.25) is 0 Å². The molecule has 0 aliphatic heterocycles. The smallest absolute Gasteiger partial charge is 0.109 e. The van der Waals surface area contributed by atoms with Gasteiger partial charge in [0.05, 0.1) is 36.4 Å². The summed E-state index contributed by atoms with van der Waals surface area (Å²) in [5, 5.41) is 11.9. The molecule has 0 saturated heterocycles. The molecule has 2 aromatic rings. The van der Waals surface area contributed by atoms with E-state index in [1.54, 1.807) is 10.9 Å². The highest BCUT2D eigenvalue weighted by atomic mass is 19.1. The zero-order chi connectivity index (χ0) is 14.5. The standard InChI is InChI=1S/C14H22FN5/c1-4-11(2)20-13(5-7-17-20)9-16-14-10-18-19(8-6-15)12(14)3/h5,7,10-11,16H,4,6,8-9H2,1-3H3/t11-/m1/s1. The Bertz CT molecular complexity index is 546. The maximum absolute atomic E-state index is 12.4. The van der Waals surface area contributed by atoms with Crippen molar-refractivity contribution in [1.29, 1.82) is 0 Å². The van der Waals surface area contributed by atoms with E-state index in [0.717, 1.165) is 23.5 Å². The number of nitrogens with zero attached hydrogens (tertiary/aromatic N) is 4. The second-order valence-electron chi connectivity index (χ2n) is 4.93. The molecule has 0 saturated carbocycles. The quantitative estimate of drug-likeness (QED) is 0.847. The monoisotopic (exact) mass is 279 g/mol. The van der Waals surface area contributed by atoms with Crippen molar-refractivity contribution in [1.82, 2.24) is 19.6 Å². The van der Waals surface area contributed by atoms with Crippen LogP contribution in [-0.4, -0.2) is 26.2 Å². The Morgan fingerprint density at radius 1 is 1.40 bits per heavy atom. The summed E-state index contributed by atoms with van der Waals surface area (Å²) in [6.45, 7) is 6.83. The van der Waals surface area contributed by atoms with E-state index in [4.69, 9.17) is 0 Å². The fourth-order valence-corrected chi connectivity index (χ4v) is 2.16. The van der Waals surface area contributed by atoms with Crippen LogP contribution in [0.25, 0.3) is 0 Å². The highest BCUT2D eigenvalue weighted by Crippen LogP contribution is 2.17. The van der Waals surface area contributed by atoms with E-state index in [9.17, 15) is 4.39 Å². The van der Waals surface area contributed by atoms with Gasteiger partial charge < -0.3 is 5.32 Å². The lowest BCUT2D eigenvalue weighted by Crippen LogP contribution is -2.13. The molecule has 2 rings (SSSR count). The second kappa shape index (κ2) is 6.54. The number of nitrogens with one attached hydrogen (secondary N) is 1. The Kier molecular flexibility index (Phi) is 4.76. The van der Waals surface area contributed by atoms with Crippen molar-refractivity contribution in [3.05, 3.63) is 29.8 Å². The van der Waals surface area contributed by atoms with Crippen LogP contribution in [-0.2, 0) is 13.1 Å². The van der Waals surface area contributed by atoms with Gasteiger partial charge in [-0.2, -0.15) is 10.2 Å². The van der Waals surface area contributed by atoms with Crippen LogP contribution in [0.15, 0.2) is 18.5 Å². The topological polar surface area (TPSA) is 47.7 Å². The molecular formula is C14H22FN5. The molecule has 0 fully saturated rings. The highest BCUT2D eigenvalue weighted by molar-refractivity contribution is 5.46. The van der Waals surface area contributed by atoms with Crippen molar-refractivity contribution < 1.29 is 4.39 Å². The van der Waals surface area contributed by atoms with E-state index in [1.165, 1.54) is 0 Å². The minimum atomic E-state index is -0.400. The SMILES string of the molecule is CC[C@@H](C)n1nccc1CNc1cnn(CCF)c1C. The molecule has 0 unspecified atom stereocenters. The van der Waals surface area contributed by atoms with E-state index >= 15 is 0 Å². The van der Waals surface area contributed by atoms with Gasteiger partial charge in [-0.15, -0.1) is 0 Å². The molecule has 5 nitrogen and oxygen atoms in total. The summed E-state index contributed by atoms with van der Waals surface area (Å²) in [6, 6.07) is 2.40. The fourth-order valence-electron chi connectivity index (χ4n) is 2.16. The lowest BCUT2D eigenvalue weighted by atomic mass is 10.2. The van der Waals surface area contributed by atoms with Gasteiger partial charge in [0.2, 0.25) is 0 Å². The third-order valence-corrected chi connectivity index (χ3v) is 3.62. The van der Waals surface area contributed by atoms with Gasteiger partial charge >= 0.3 is 0 Å². The maximum Gasteiger partial charge on any atom is 0.109 e. The minimum absolute atomic E-state index is 0.304. The average Bonchev–Trinajstić information content (AvgIpc) is 3.05. The summed E-state index contributed by atoms with van der Waals surface area (Å²) in [7, 11) is 0. The molecule has 2 aromatic heterocycles. The molecule has 6 heteroatoms. The first-order chi connectivity index (χ1) is 9.67. The third-order valence-electron chi connectivity index (χ3n) is 3.62. The molecule has 0 spiro atoms. The second-order valence-corrected chi connectivity index (χ2v) is 4.93. The van der Waals surface area contributed by atoms with Crippen LogP contribution in [0.1, 0.15) is 37.7 Å². The molecule has 0 aliphatic rings. The van der Waals surface area contributed by atoms with E-state index in [0.29, 0.717) is 19.1 Å². The molecule has 2 heterocycles. The van der Waals surface area contributed by atoms with Crippen LogP contribution in [0, 0.1) is 6.92 Å². The van der Waals surface area contributed by atoms with Crippen molar-refractivity contribution in [3.63, 3.8) is 0 Å². The van der Waals surface area contributed by atoms with Crippen LogP contribution >= 0.6 is 0 Å². The zero-order valence-electron chi connectivity index (χ0n) is 12.3. The fraction of sp³-hybridized carbons (Fsp3) is 0.571. The van der Waals surface area contributed by atoms with E-state index < -0.39 is 6.67 Å². The van der Waals surface area contributed by atoms with Gasteiger partial charge in [-0.1, -0.05) is 6.92 Å². The van der Waals surface area contributed by atoms with Gasteiger partial charge in [-0.3, -0.25) is 9.36 Å². The van der Waals surface area contributed by atoms with Crippen LogP contribution in [0.3, 0.4) is 0 Å². The predicted octanol–water partition coefficient (Wildman–Crippen LogP) is 2.94. The van der Waals surface area contributed by atoms with E-state index in [2.05, 4.69) is 29.4 Å². The number of anilines is 1. The van der Waals surface area contributed by atoms with Crippen molar-refractivity contribution in [2.75, 3.05) is 12.0 Å². The van der Waals surface area contributed by atoms with Gasteiger partial charge in [0.1, 0.15) is 6.67 Å². The summed E-state index contributed by atoms with van der Waals surface area (Å²) < 4.78 is 16.1. The summed E-state index contributed by atoms with van der Waals surface area (Å²) in [5.74, 6) is 0. The van der Waals surface area contributed by atoms with Crippen LogP contribution in [0.4, 0.5) is 10.1 Å². The van der Waals surface area contributed by atoms with Crippen molar-refractivity contribution in [3.8, 4) is 0 Å². The zero-order valence-corrected chi connectivity index (χ0v) is 12.3. The molecule has 110 valence electrons. The van der Waals surface area contributed by atoms with Gasteiger partial charge in [-0.25, -0.2) is 4.39 Å². The van der Waals surface area contributed by atoms with Gasteiger partial charge in [-0.05, 0) is 26.3 Å². The Balaban J connectivity index is 2.04. The summed E-state index contributed by atoms with van der Waals surface area (Å²) in [4.78, 5) is 0. The lowest BCUT2D eigenvalue weighted by Gasteiger charge is -2.14. The number of alkyl halides is 1. The Hall–Kier alpha value is -1.85. The largest absolute Gasteiger partial charge is 0.377 e. The van der Waals surface area contributed by atoms with Crippen LogP contribution in [0.5, 0.6) is 0 Å². The van der Waals surface area contributed by atoms with Crippen LogP contribution < -0.4 is 5.32 Å². The van der Waals surface area contributed by atoms with Crippen molar-refractivity contribution >= 4 is 5.69 Å². The first-order valence-corrected chi connectivity index (χ1v) is 7.02. The number of hydrogen-bond acceptors (Lipinski definition) is 3. The maximum atomic E-state index is 12.4. The Morgan fingerprint density at radius 3 is 2.90 bits per heavy atom. The van der Waals surface area contributed by atoms with Gasteiger partial charge in [0.15, 0.2) is 0 Å². The predicted molar refractivity (Wildman–Crippen MR) is 77.5 cm³/mol. The molecule has 1 N–H and O–H groups in total. The normalized spacial score (nSPS) is 12.6. The lowest BCUT2D eigenvalue weighted by molar-refractivity contribution is 0.423. The van der Waals surface area contributed by atoms with Crippen molar-refractivity contribution in [2.24, 2.45) is 0 Å². The number of rotatable bonds is 7. The molecule has 0 aliphatic carbocycles. The van der Waals surface area contributed by atoms with Gasteiger partial charge in [0, 0.05) is 12.2 Å². The number of halogens is 1. The summed E-state index contributed by atoms with van der Waals surface area (Å²) in [5.41, 5.74) is 3.03. The molecular weight excluding hydrogens is 257 g/mol. The third kappa shape index (κ3) is 3.00. The number of hydrogen-bond donors (Lipinski definition) is 1. The molecule has 0 bridgehead atoms. The molecule has 0 amide bonds. The molecule has 1 atom stereocenters. The van der Waals surface area contributed by atoms with E-state index in [1.807, 2.05) is 23.9 Å². The van der Waals surface area contributed by atoms with E-state index in [-0.39, 0.29) is 0 Å². The first kappa shape index (κ1) is 14.6. The molecule has 0 radical (unpaired) electrons.